The van der Waals surface area contributed by atoms with Crippen molar-refractivity contribution in [1.29, 1.82) is 0 Å². The van der Waals surface area contributed by atoms with Gasteiger partial charge in [0.05, 0.1) is 25.8 Å². The number of benzene rings is 2. The van der Waals surface area contributed by atoms with Crippen LogP contribution in [0.2, 0.25) is 0 Å². The first-order valence-electron chi connectivity index (χ1n) is 10.5. The van der Waals surface area contributed by atoms with Gasteiger partial charge >= 0.3 is 0 Å². The van der Waals surface area contributed by atoms with E-state index in [-0.39, 0.29) is 17.0 Å². The topological polar surface area (TPSA) is 65.0 Å². The quantitative estimate of drug-likeness (QED) is 0.718. The summed E-state index contributed by atoms with van der Waals surface area (Å²) < 4.78 is 11.1. The van der Waals surface area contributed by atoms with Crippen LogP contribution in [0, 0.1) is 11.3 Å². The minimum absolute atomic E-state index is 0.0547. The van der Waals surface area contributed by atoms with Crippen LogP contribution in [0.4, 0.5) is 0 Å². The molecule has 1 heterocycles. The van der Waals surface area contributed by atoms with E-state index in [2.05, 4.69) is 13.8 Å². The maximum absolute atomic E-state index is 13.6. The van der Waals surface area contributed by atoms with Gasteiger partial charge in [0, 0.05) is 40.3 Å². The summed E-state index contributed by atoms with van der Waals surface area (Å²) in [4.78, 5) is 32.0. The van der Waals surface area contributed by atoms with Crippen molar-refractivity contribution >= 4 is 23.0 Å². The average molecular weight is 415 g/mol. The molecule has 31 heavy (non-hydrogen) atoms. The van der Waals surface area contributed by atoms with E-state index in [1.807, 2.05) is 42.5 Å². The monoisotopic (exact) mass is 415 g/mol. The van der Waals surface area contributed by atoms with Gasteiger partial charge in [-0.25, -0.2) is 0 Å². The molecule has 0 N–H and O–H groups in total. The Hall–Kier alpha value is -3.21. The number of nitrogens with zero attached hydrogens (tertiary/aromatic N) is 1. The highest BCUT2D eigenvalue weighted by Crippen LogP contribution is 2.53. The lowest BCUT2D eigenvalue weighted by molar-refractivity contribution is -0.124. The minimum Gasteiger partial charge on any atom is -0.497 e. The van der Waals surface area contributed by atoms with Crippen molar-refractivity contribution in [3.63, 3.8) is 0 Å². The van der Waals surface area contributed by atoms with Crippen LogP contribution < -0.4 is 9.47 Å². The van der Waals surface area contributed by atoms with Crippen molar-refractivity contribution in [2.75, 3.05) is 14.2 Å². The van der Waals surface area contributed by atoms with Crippen LogP contribution in [0.25, 0.3) is 5.70 Å². The van der Waals surface area contributed by atoms with Crippen LogP contribution in [-0.4, -0.2) is 31.5 Å². The Morgan fingerprint density at radius 1 is 0.935 bits per heavy atom. The minimum atomic E-state index is -0.467. The SMILES string of the molecule is COc1ccc(OC)c([C@@H]2C3=C(N=C4CC(C)(C)CC(=O)C42)c2ccccc2C3=O)c1. The van der Waals surface area contributed by atoms with Crippen LogP contribution in [0.1, 0.15) is 54.1 Å². The van der Waals surface area contributed by atoms with Crippen LogP contribution in [0.5, 0.6) is 11.5 Å². The Labute approximate surface area is 181 Å². The summed E-state index contributed by atoms with van der Waals surface area (Å²) in [6.45, 7) is 4.20. The second-order valence-electron chi connectivity index (χ2n) is 9.29. The molecule has 3 aliphatic rings. The summed E-state index contributed by atoms with van der Waals surface area (Å²) in [5, 5.41) is 0. The number of allylic oxidation sites excluding steroid dienone is 1. The Balaban J connectivity index is 1.79. The summed E-state index contributed by atoms with van der Waals surface area (Å²) >= 11 is 0. The summed E-state index contributed by atoms with van der Waals surface area (Å²) in [5.41, 5.74) is 4.28. The zero-order valence-electron chi connectivity index (χ0n) is 18.2. The molecule has 1 unspecified atom stereocenters. The first-order valence-corrected chi connectivity index (χ1v) is 10.5. The molecule has 5 rings (SSSR count). The predicted octanol–water partition coefficient (Wildman–Crippen LogP) is 4.85. The third kappa shape index (κ3) is 2.94. The highest BCUT2D eigenvalue weighted by atomic mass is 16.5. The maximum Gasteiger partial charge on any atom is 0.192 e. The van der Waals surface area contributed by atoms with Gasteiger partial charge in [-0.15, -0.1) is 0 Å². The van der Waals surface area contributed by atoms with Crippen LogP contribution in [-0.2, 0) is 4.79 Å². The highest BCUT2D eigenvalue weighted by molar-refractivity contribution is 6.25. The molecule has 0 spiro atoms. The number of aliphatic imine (C=N–C) groups is 1. The van der Waals surface area contributed by atoms with Crippen molar-refractivity contribution in [2.24, 2.45) is 16.3 Å². The van der Waals surface area contributed by atoms with Crippen LogP contribution >= 0.6 is 0 Å². The molecule has 5 heteroatoms. The van der Waals surface area contributed by atoms with Crippen molar-refractivity contribution in [3.8, 4) is 11.5 Å². The smallest absolute Gasteiger partial charge is 0.192 e. The molecule has 2 aliphatic carbocycles. The molecule has 2 aromatic carbocycles. The fourth-order valence-electron chi connectivity index (χ4n) is 5.34. The zero-order chi connectivity index (χ0) is 21.9. The number of hydrogen-bond donors (Lipinski definition) is 0. The maximum atomic E-state index is 13.6. The van der Waals surface area contributed by atoms with E-state index in [1.54, 1.807) is 14.2 Å². The molecule has 0 saturated heterocycles. The first-order chi connectivity index (χ1) is 14.8. The second kappa shape index (κ2) is 6.91. The number of fused-ring (bicyclic) bond motifs is 3. The van der Waals surface area contributed by atoms with Crippen molar-refractivity contribution < 1.29 is 19.1 Å². The average Bonchev–Trinajstić information content (AvgIpc) is 3.03. The van der Waals surface area contributed by atoms with E-state index in [0.717, 1.165) is 23.3 Å². The van der Waals surface area contributed by atoms with Gasteiger partial charge in [0.25, 0.3) is 0 Å². The second-order valence-corrected chi connectivity index (χ2v) is 9.29. The molecule has 158 valence electrons. The van der Waals surface area contributed by atoms with Gasteiger partial charge in [-0.2, -0.15) is 0 Å². The van der Waals surface area contributed by atoms with E-state index in [1.165, 1.54) is 0 Å². The third-order valence-corrected chi connectivity index (χ3v) is 6.62. The molecular weight excluding hydrogens is 390 g/mol. The summed E-state index contributed by atoms with van der Waals surface area (Å²) in [6.07, 6.45) is 1.18. The van der Waals surface area contributed by atoms with Gasteiger partial charge in [0.2, 0.25) is 0 Å². The number of Topliss-reactive ketones (excluding diaryl/α,β-unsaturated/α-hetero) is 2. The third-order valence-electron chi connectivity index (χ3n) is 6.62. The molecule has 2 aromatic rings. The Kier molecular flexibility index (Phi) is 4.40. The van der Waals surface area contributed by atoms with Crippen molar-refractivity contribution in [1.82, 2.24) is 0 Å². The van der Waals surface area contributed by atoms with Crippen molar-refractivity contribution in [3.05, 3.63) is 64.7 Å². The van der Waals surface area contributed by atoms with Gasteiger partial charge in [-0.05, 0) is 30.0 Å². The van der Waals surface area contributed by atoms with Gasteiger partial charge in [-0.3, -0.25) is 14.6 Å². The van der Waals surface area contributed by atoms with E-state index in [9.17, 15) is 9.59 Å². The van der Waals surface area contributed by atoms with E-state index in [0.29, 0.717) is 34.8 Å². The fraction of sp³-hybridized carbons (Fsp3) is 0.346. The lowest BCUT2D eigenvalue weighted by Gasteiger charge is -2.41. The number of methoxy groups -OCH3 is 2. The predicted molar refractivity (Wildman–Crippen MR) is 119 cm³/mol. The van der Waals surface area contributed by atoms with E-state index < -0.39 is 11.8 Å². The van der Waals surface area contributed by atoms with E-state index in [4.69, 9.17) is 14.5 Å². The molecule has 1 fully saturated rings. The molecule has 1 saturated carbocycles. The Morgan fingerprint density at radius 3 is 2.39 bits per heavy atom. The number of carbonyl (C=O) groups excluding carboxylic acids is 2. The molecule has 0 aromatic heterocycles. The molecular formula is C26H25NO4. The van der Waals surface area contributed by atoms with Gasteiger partial charge < -0.3 is 9.47 Å². The summed E-state index contributed by atoms with van der Waals surface area (Å²) in [7, 11) is 3.21. The number of rotatable bonds is 3. The normalized spacial score (nSPS) is 23.7. The fourth-order valence-corrected chi connectivity index (χ4v) is 5.34. The molecule has 0 bridgehead atoms. The number of carbonyl (C=O) groups is 2. The molecule has 2 atom stereocenters. The lowest BCUT2D eigenvalue weighted by Crippen LogP contribution is -2.43. The molecule has 0 amide bonds. The van der Waals surface area contributed by atoms with Crippen molar-refractivity contribution in [2.45, 2.75) is 32.6 Å². The standard InChI is InChI=1S/C26H25NO4/c1-26(2)12-18-22(19(28)13-26)21(17-11-14(30-3)9-10-20(17)31-4)23-24(27-18)15-7-5-6-8-16(15)25(23)29/h5-11,21-22H,12-13H2,1-4H3/t21-,22?/m0/s1. The largest absolute Gasteiger partial charge is 0.497 e. The van der Waals surface area contributed by atoms with Crippen LogP contribution in [0.3, 0.4) is 0 Å². The number of ether oxygens (including phenoxy) is 2. The lowest BCUT2D eigenvalue weighted by atomic mass is 9.63. The molecule has 5 nitrogen and oxygen atoms in total. The molecule has 0 radical (unpaired) electrons. The number of hydrogen-bond acceptors (Lipinski definition) is 5. The van der Waals surface area contributed by atoms with Crippen LogP contribution in [0.15, 0.2) is 53.0 Å². The highest BCUT2D eigenvalue weighted by Gasteiger charge is 2.50. The van der Waals surface area contributed by atoms with Gasteiger partial charge in [0.1, 0.15) is 17.3 Å². The first kappa shape index (κ1) is 19.7. The number of ketones is 2. The zero-order valence-corrected chi connectivity index (χ0v) is 18.2. The Bertz CT molecular complexity index is 1190. The van der Waals surface area contributed by atoms with Gasteiger partial charge in [-0.1, -0.05) is 38.1 Å². The van der Waals surface area contributed by atoms with E-state index >= 15 is 0 Å². The summed E-state index contributed by atoms with van der Waals surface area (Å²) in [5.74, 6) is 0.456. The van der Waals surface area contributed by atoms with Gasteiger partial charge in [0.15, 0.2) is 5.78 Å². The molecule has 1 aliphatic heterocycles. The summed E-state index contributed by atoms with van der Waals surface area (Å²) in [6, 6.07) is 13.1. The Morgan fingerprint density at radius 2 is 1.68 bits per heavy atom.